The van der Waals surface area contributed by atoms with Crippen molar-refractivity contribution >= 4 is 46.6 Å². The average Bonchev–Trinajstić information content (AvgIpc) is 3.33. The summed E-state index contributed by atoms with van der Waals surface area (Å²) < 4.78 is 29.7. The second-order valence-corrected chi connectivity index (χ2v) is 9.90. The second-order valence-electron chi connectivity index (χ2n) is 9.06. The van der Waals surface area contributed by atoms with Gasteiger partial charge in [0.15, 0.2) is 12.7 Å². The van der Waals surface area contributed by atoms with Gasteiger partial charge in [0.2, 0.25) is 0 Å². The van der Waals surface area contributed by atoms with Crippen LogP contribution in [0.15, 0.2) is 59.4 Å². The van der Waals surface area contributed by atoms with Crippen molar-refractivity contribution in [2.75, 3.05) is 18.1 Å². The Morgan fingerprint density at radius 3 is 2.73 bits per heavy atom. The minimum atomic E-state index is -1.06. The molecule has 210 valence electrons. The maximum Gasteiger partial charge on any atom is 0.267 e. The number of rotatable bonds is 9. The van der Waals surface area contributed by atoms with Gasteiger partial charge in [-0.25, -0.2) is 4.39 Å². The van der Waals surface area contributed by atoms with E-state index in [1.54, 1.807) is 32.0 Å². The van der Waals surface area contributed by atoms with E-state index < -0.39 is 35.7 Å². The topological polar surface area (TPSA) is 123 Å². The number of nitrogens with zero attached hydrogens (tertiary/aromatic N) is 2. The summed E-state index contributed by atoms with van der Waals surface area (Å²) in [6.45, 7) is 6.74. The molecular formula is C27H25Cl2FN4O6. The Balaban J connectivity index is 1.33. The molecule has 0 bridgehead atoms. The third kappa shape index (κ3) is 6.91. The van der Waals surface area contributed by atoms with Crippen molar-refractivity contribution < 1.29 is 32.8 Å². The fourth-order valence-corrected chi connectivity index (χ4v) is 4.28. The molecule has 3 aromatic rings. The summed E-state index contributed by atoms with van der Waals surface area (Å²) in [4.78, 5) is 40.0. The highest BCUT2D eigenvalue weighted by Gasteiger charge is 2.36. The smallest absolute Gasteiger partial charge is 0.267 e. The summed E-state index contributed by atoms with van der Waals surface area (Å²) in [7, 11) is 0. The fraction of sp³-hybridized carbons (Fsp3) is 0.259. The molecule has 10 nitrogen and oxygen atoms in total. The normalized spacial score (nSPS) is 14.9. The molecule has 1 aromatic heterocycles. The summed E-state index contributed by atoms with van der Waals surface area (Å²) in [5.41, 5.74) is 0.962. The number of carbonyl (C=O) groups is 3. The summed E-state index contributed by atoms with van der Waals surface area (Å²) in [5, 5.41) is 9.39. The van der Waals surface area contributed by atoms with Crippen molar-refractivity contribution in [2.24, 2.45) is 0 Å². The van der Waals surface area contributed by atoms with Gasteiger partial charge in [-0.15, -0.1) is 0 Å². The zero-order chi connectivity index (χ0) is 29.0. The number of halogens is 3. The van der Waals surface area contributed by atoms with Crippen LogP contribution >= 0.6 is 23.2 Å². The third-order valence-electron chi connectivity index (χ3n) is 5.87. The van der Waals surface area contributed by atoms with E-state index in [4.69, 9.17) is 37.2 Å². The Bertz CT molecular complexity index is 1460. The van der Waals surface area contributed by atoms with Gasteiger partial charge in [-0.05, 0) is 44.2 Å². The molecule has 2 heterocycles. The zero-order valence-electron chi connectivity index (χ0n) is 21.5. The van der Waals surface area contributed by atoms with Crippen LogP contribution in [0.4, 0.5) is 10.1 Å². The van der Waals surface area contributed by atoms with Gasteiger partial charge in [0.25, 0.3) is 17.7 Å². The molecule has 0 fully saturated rings. The van der Waals surface area contributed by atoms with Gasteiger partial charge in [0.1, 0.15) is 28.6 Å². The SMILES string of the molecule is C=C(CC(C)NC(=O)COc1ccc(Cl)c(F)c1)NC(=O)C1CN(C(=O)c2cnoc2C)c2cc(Cl)ccc2O1. The highest BCUT2D eigenvalue weighted by molar-refractivity contribution is 6.31. The lowest BCUT2D eigenvalue weighted by molar-refractivity contribution is -0.127. The number of ether oxygens (including phenoxy) is 2. The Hall–Kier alpha value is -4.09. The molecule has 2 unspecified atom stereocenters. The zero-order valence-corrected chi connectivity index (χ0v) is 23.0. The molecule has 4 rings (SSSR count). The molecule has 0 saturated carbocycles. The number of anilines is 1. The number of aryl methyl sites for hydroxylation is 1. The molecule has 0 spiro atoms. The molecular weight excluding hydrogens is 566 g/mol. The van der Waals surface area contributed by atoms with E-state index in [9.17, 15) is 18.8 Å². The van der Waals surface area contributed by atoms with Gasteiger partial charge in [-0.1, -0.05) is 34.9 Å². The van der Waals surface area contributed by atoms with Crippen molar-refractivity contribution in [2.45, 2.75) is 32.4 Å². The molecule has 1 aliphatic rings. The molecule has 0 saturated heterocycles. The maximum absolute atomic E-state index is 13.5. The van der Waals surface area contributed by atoms with Crippen LogP contribution in [0.1, 0.15) is 29.5 Å². The first-order chi connectivity index (χ1) is 19.0. The predicted octanol–water partition coefficient (Wildman–Crippen LogP) is 4.44. The van der Waals surface area contributed by atoms with Gasteiger partial charge in [-0.2, -0.15) is 0 Å². The Morgan fingerprint density at radius 1 is 1.25 bits per heavy atom. The summed E-state index contributed by atoms with van der Waals surface area (Å²) in [6.07, 6.45) is 0.449. The van der Waals surface area contributed by atoms with Crippen LogP contribution in [0.5, 0.6) is 11.5 Å². The standard InChI is InChI=1S/C27H25Cl2FN4O6/c1-14(32-25(35)13-38-18-5-6-20(29)21(30)10-18)8-15(2)33-26(36)24-12-34(27(37)19-11-31-40-16(19)3)22-9-17(28)4-7-23(22)39-24/h4-7,9-11,14,24H,2,8,12-13H2,1,3H3,(H,32,35)(H,33,36). The highest BCUT2D eigenvalue weighted by atomic mass is 35.5. The van der Waals surface area contributed by atoms with Crippen molar-refractivity contribution in [3.8, 4) is 11.5 Å². The molecule has 0 aliphatic carbocycles. The number of carbonyl (C=O) groups excluding carboxylic acids is 3. The number of benzene rings is 2. The summed E-state index contributed by atoms with van der Waals surface area (Å²) >= 11 is 11.8. The van der Waals surface area contributed by atoms with Crippen LogP contribution in [-0.4, -0.2) is 48.2 Å². The van der Waals surface area contributed by atoms with Crippen molar-refractivity contribution in [1.82, 2.24) is 15.8 Å². The molecule has 40 heavy (non-hydrogen) atoms. The number of hydrogen-bond donors (Lipinski definition) is 2. The minimum Gasteiger partial charge on any atom is -0.484 e. The van der Waals surface area contributed by atoms with Crippen LogP contribution in [0, 0.1) is 12.7 Å². The van der Waals surface area contributed by atoms with Gasteiger partial charge in [0, 0.05) is 29.2 Å². The summed E-state index contributed by atoms with van der Waals surface area (Å²) in [6, 6.07) is 8.17. The Kier molecular flexibility index (Phi) is 8.96. The predicted molar refractivity (Wildman–Crippen MR) is 145 cm³/mol. The second kappa shape index (κ2) is 12.4. The van der Waals surface area contributed by atoms with E-state index >= 15 is 0 Å². The number of aromatic nitrogens is 1. The van der Waals surface area contributed by atoms with E-state index in [2.05, 4.69) is 22.4 Å². The average molecular weight is 591 g/mol. The molecule has 1 aliphatic heterocycles. The monoisotopic (exact) mass is 590 g/mol. The molecule has 2 N–H and O–H groups in total. The van der Waals surface area contributed by atoms with Gasteiger partial charge in [0.05, 0.1) is 23.5 Å². The lowest BCUT2D eigenvalue weighted by atomic mass is 10.1. The van der Waals surface area contributed by atoms with E-state index in [1.807, 2.05) is 0 Å². The third-order valence-corrected chi connectivity index (χ3v) is 6.41. The van der Waals surface area contributed by atoms with Gasteiger partial charge < -0.3 is 29.5 Å². The van der Waals surface area contributed by atoms with E-state index in [1.165, 1.54) is 23.2 Å². The summed E-state index contributed by atoms with van der Waals surface area (Å²) in [5.74, 6) is -1.29. The van der Waals surface area contributed by atoms with E-state index in [-0.39, 0.29) is 35.9 Å². The number of amides is 3. The number of nitrogens with one attached hydrogen (secondary N) is 2. The Labute approximate surface area is 239 Å². The first kappa shape index (κ1) is 28.9. The first-order valence-corrected chi connectivity index (χ1v) is 12.8. The highest BCUT2D eigenvalue weighted by Crippen LogP contribution is 2.37. The maximum atomic E-state index is 13.5. The van der Waals surface area contributed by atoms with Gasteiger partial charge in [-0.3, -0.25) is 14.4 Å². The molecule has 2 atom stereocenters. The number of fused-ring (bicyclic) bond motifs is 1. The largest absolute Gasteiger partial charge is 0.484 e. The van der Waals surface area contributed by atoms with Crippen molar-refractivity contribution in [1.29, 1.82) is 0 Å². The lowest BCUT2D eigenvalue weighted by Crippen LogP contribution is -2.50. The molecule has 0 radical (unpaired) electrons. The molecule has 2 aromatic carbocycles. The van der Waals surface area contributed by atoms with Crippen LogP contribution in [0.25, 0.3) is 0 Å². The van der Waals surface area contributed by atoms with Gasteiger partial charge >= 0.3 is 0 Å². The van der Waals surface area contributed by atoms with Crippen LogP contribution < -0.4 is 25.0 Å². The van der Waals surface area contributed by atoms with Crippen LogP contribution in [0.2, 0.25) is 10.0 Å². The quantitative estimate of drug-likeness (QED) is 0.377. The van der Waals surface area contributed by atoms with Crippen molar-refractivity contribution in [3.63, 3.8) is 0 Å². The van der Waals surface area contributed by atoms with E-state index in [0.29, 0.717) is 27.9 Å². The van der Waals surface area contributed by atoms with E-state index in [0.717, 1.165) is 6.07 Å². The molecule has 13 heteroatoms. The number of hydrogen-bond acceptors (Lipinski definition) is 7. The lowest BCUT2D eigenvalue weighted by Gasteiger charge is -2.34. The first-order valence-electron chi connectivity index (χ1n) is 12.1. The molecule has 3 amide bonds. The fourth-order valence-electron chi connectivity index (χ4n) is 3.99. The van der Waals surface area contributed by atoms with Crippen LogP contribution in [-0.2, 0) is 9.59 Å². The van der Waals surface area contributed by atoms with Crippen LogP contribution in [0.3, 0.4) is 0 Å². The minimum absolute atomic E-state index is 0.0529. The Morgan fingerprint density at radius 2 is 2.02 bits per heavy atom. The van der Waals surface area contributed by atoms with Crippen molar-refractivity contribution in [3.05, 3.63) is 82.1 Å².